The summed E-state index contributed by atoms with van der Waals surface area (Å²) in [7, 11) is 0. The lowest BCUT2D eigenvalue weighted by Gasteiger charge is -2.00. The van der Waals surface area contributed by atoms with Gasteiger partial charge in [-0.1, -0.05) is 11.8 Å². The summed E-state index contributed by atoms with van der Waals surface area (Å²) in [6.45, 7) is 1.66. The minimum Gasteiger partial charge on any atom is -0.384 e. The van der Waals surface area contributed by atoms with Crippen LogP contribution in [0.3, 0.4) is 0 Å². The van der Waals surface area contributed by atoms with E-state index in [1.807, 2.05) is 12.3 Å². The van der Waals surface area contributed by atoms with Crippen LogP contribution in [0.25, 0.3) is 0 Å². The van der Waals surface area contributed by atoms with Crippen molar-refractivity contribution < 1.29 is 9.90 Å². The number of amides is 1. The van der Waals surface area contributed by atoms with Crippen LogP contribution in [0.15, 0.2) is 23.7 Å². The van der Waals surface area contributed by atoms with Crippen molar-refractivity contribution in [3.63, 3.8) is 0 Å². The number of aromatic nitrogens is 2. The molecule has 0 radical (unpaired) electrons. The predicted octanol–water partition coefficient (Wildman–Crippen LogP) is 1.44. The Kier molecular flexibility index (Phi) is 4.23. The molecule has 1 amide bonds. The monoisotopic (exact) mass is 273 g/mol. The number of aryl methyl sites for hydroxylation is 1. The molecule has 0 aliphatic carbocycles. The van der Waals surface area contributed by atoms with E-state index in [4.69, 9.17) is 5.11 Å². The van der Waals surface area contributed by atoms with E-state index in [2.05, 4.69) is 27.1 Å². The number of hydrogen-bond donors (Lipinski definition) is 2. The minimum absolute atomic E-state index is 0.203. The van der Waals surface area contributed by atoms with Crippen LogP contribution in [0, 0.1) is 18.8 Å². The Hall–Kier alpha value is -2.23. The number of carbonyl (C=O) groups is 1. The van der Waals surface area contributed by atoms with Crippen LogP contribution in [0.1, 0.15) is 21.7 Å². The number of aliphatic hydroxyl groups is 1. The second-order valence-corrected chi connectivity index (χ2v) is 4.50. The van der Waals surface area contributed by atoms with E-state index >= 15 is 0 Å². The number of nitrogens with one attached hydrogen (secondary N) is 1. The molecule has 2 heterocycles. The zero-order chi connectivity index (χ0) is 13.7. The van der Waals surface area contributed by atoms with Crippen molar-refractivity contribution in [1.29, 1.82) is 0 Å². The lowest BCUT2D eigenvalue weighted by molar-refractivity contribution is 0.102. The van der Waals surface area contributed by atoms with Crippen LogP contribution in [0.5, 0.6) is 0 Å². The molecule has 2 aromatic heterocycles. The van der Waals surface area contributed by atoms with Crippen molar-refractivity contribution in [1.82, 2.24) is 9.97 Å². The fraction of sp³-hybridized carbons (Fsp3) is 0.154. The molecule has 6 heteroatoms. The van der Waals surface area contributed by atoms with Crippen molar-refractivity contribution in [2.45, 2.75) is 6.92 Å². The van der Waals surface area contributed by atoms with E-state index in [1.54, 1.807) is 12.1 Å². The van der Waals surface area contributed by atoms with Crippen LogP contribution < -0.4 is 5.32 Å². The standard InChI is InChI=1S/C13H11N3O2S/c1-9-8-19-13(15-9)16-12(18)11-5-4-10(7-14-11)3-2-6-17/h4-5,7-8,17H,6H2,1H3,(H,15,16,18). The van der Waals surface area contributed by atoms with Crippen LogP contribution >= 0.6 is 11.3 Å². The number of carbonyl (C=O) groups excluding carboxylic acids is 1. The maximum atomic E-state index is 11.9. The van der Waals surface area contributed by atoms with Gasteiger partial charge in [-0.2, -0.15) is 0 Å². The molecule has 0 atom stereocenters. The first-order valence-electron chi connectivity index (χ1n) is 5.48. The Morgan fingerprint density at radius 2 is 2.37 bits per heavy atom. The Labute approximate surface area is 114 Å². The summed E-state index contributed by atoms with van der Waals surface area (Å²) in [6, 6.07) is 3.26. The van der Waals surface area contributed by atoms with Gasteiger partial charge in [0.05, 0.1) is 5.69 Å². The van der Waals surface area contributed by atoms with Crippen LogP contribution in [-0.4, -0.2) is 27.6 Å². The molecule has 0 fully saturated rings. The lowest BCUT2D eigenvalue weighted by Crippen LogP contribution is -2.13. The normalized spacial score (nSPS) is 9.58. The van der Waals surface area contributed by atoms with Gasteiger partial charge in [0.2, 0.25) is 0 Å². The predicted molar refractivity (Wildman–Crippen MR) is 73.0 cm³/mol. The van der Waals surface area contributed by atoms with Gasteiger partial charge in [0.1, 0.15) is 12.3 Å². The van der Waals surface area contributed by atoms with E-state index in [1.165, 1.54) is 17.5 Å². The van der Waals surface area contributed by atoms with E-state index in [9.17, 15) is 4.79 Å². The molecule has 19 heavy (non-hydrogen) atoms. The second-order valence-electron chi connectivity index (χ2n) is 3.64. The smallest absolute Gasteiger partial charge is 0.276 e. The highest BCUT2D eigenvalue weighted by Gasteiger charge is 2.09. The highest BCUT2D eigenvalue weighted by Crippen LogP contribution is 2.15. The molecule has 5 nitrogen and oxygen atoms in total. The third-order valence-electron chi connectivity index (χ3n) is 2.15. The van der Waals surface area contributed by atoms with Gasteiger partial charge in [-0.25, -0.2) is 9.97 Å². The van der Waals surface area contributed by atoms with Crippen molar-refractivity contribution in [3.8, 4) is 11.8 Å². The second kappa shape index (κ2) is 6.09. The molecule has 2 N–H and O–H groups in total. The maximum Gasteiger partial charge on any atom is 0.276 e. The van der Waals surface area contributed by atoms with E-state index < -0.39 is 0 Å². The Balaban J connectivity index is 2.07. The van der Waals surface area contributed by atoms with Crippen molar-refractivity contribution in [2.24, 2.45) is 0 Å². The molecule has 2 aromatic rings. The molecular formula is C13H11N3O2S. The minimum atomic E-state index is -0.309. The zero-order valence-corrected chi connectivity index (χ0v) is 11.0. The molecule has 0 unspecified atom stereocenters. The summed E-state index contributed by atoms with van der Waals surface area (Å²) in [5.41, 5.74) is 1.81. The van der Waals surface area contributed by atoms with Gasteiger partial charge in [-0.15, -0.1) is 11.3 Å². The summed E-state index contributed by atoms with van der Waals surface area (Å²) >= 11 is 1.37. The quantitative estimate of drug-likeness (QED) is 0.812. The highest BCUT2D eigenvalue weighted by molar-refractivity contribution is 7.13. The summed E-state index contributed by atoms with van der Waals surface area (Å²) < 4.78 is 0. The van der Waals surface area contributed by atoms with E-state index in [0.29, 0.717) is 16.4 Å². The topological polar surface area (TPSA) is 75.1 Å². The highest BCUT2D eigenvalue weighted by atomic mass is 32.1. The maximum absolute atomic E-state index is 11.9. The van der Waals surface area contributed by atoms with Gasteiger partial charge >= 0.3 is 0 Å². The molecule has 0 aromatic carbocycles. The average Bonchev–Trinajstić information content (AvgIpc) is 2.82. The van der Waals surface area contributed by atoms with Gasteiger partial charge in [-0.05, 0) is 19.1 Å². The van der Waals surface area contributed by atoms with Crippen molar-refractivity contribution in [3.05, 3.63) is 40.7 Å². The molecular weight excluding hydrogens is 262 g/mol. The first-order chi connectivity index (χ1) is 9.19. The van der Waals surface area contributed by atoms with Gasteiger partial charge in [-0.3, -0.25) is 10.1 Å². The van der Waals surface area contributed by atoms with Crippen LogP contribution in [0.2, 0.25) is 0 Å². The molecule has 0 saturated carbocycles. The number of hydrogen-bond acceptors (Lipinski definition) is 5. The average molecular weight is 273 g/mol. The number of aliphatic hydroxyl groups excluding tert-OH is 1. The SMILES string of the molecule is Cc1csc(NC(=O)c2ccc(C#CCO)cn2)n1. The fourth-order valence-corrected chi connectivity index (χ4v) is 2.00. The Morgan fingerprint density at radius 1 is 1.53 bits per heavy atom. The molecule has 0 aliphatic rings. The zero-order valence-electron chi connectivity index (χ0n) is 10.2. The van der Waals surface area contributed by atoms with Gasteiger partial charge in [0, 0.05) is 17.1 Å². The van der Waals surface area contributed by atoms with E-state index in [-0.39, 0.29) is 12.5 Å². The van der Waals surface area contributed by atoms with Gasteiger partial charge in [0.15, 0.2) is 5.13 Å². The summed E-state index contributed by atoms with van der Waals surface area (Å²) in [5.74, 6) is 4.91. The number of anilines is 1. The summed E-state index contributed by atoms with van der Waals surface area (Å²) in [6.07, 6.45) is 1.49. The number of pyridine rings is 1. The number of nitrogens with zero attached hydrogens (tertiary/aromatic N) is 2. The third kappa shape index (κ3) is 3.61. The Bertz CT molecular complexity index is 638. The molecule has 0 aliphatic heterocycles. The van der Waals surface area contributed by atoms with Crippen molar-refractivity contribution in [2.75, 3.05) is 11.9 Å². The number of rotatable bonds is 2. The van der Waals surface area contributed by atoms with Crippen molar-refractivity contribution >= 4 is 22.4 Å². The Morgan fingerprint density at radius 3 is 2.95 bits per heavy atom. The fourth-order valence-electron chi connectivity index (χ4n) is 1.32. The number of thiazole rings is 1. The molecule has 0 spiro atoms. The lowest BCUT2D eigenvalue weighted by atomic mass is 10.2. The first kappa shape index (κ1) is 13.2. The van der Waals surface area contributed by atoms with Gasteiger partial charge in [0.25, 0.3) is 5.91 Å². The van der Waals surface area contributed by atoms with Crippen LogP contribution in [0.4, 0.5) is 5.13 Å². The molecule has 0 bridgehead atoms. The first-order valence-corrected chi connectivity index (χ1v) is 6.36. The molecule has 96 valence electrons. The summed E-state index contributed by atoms with van der Waals surface area (Å²) in [4.78, 5) is 20.0. The largest absolute Gasteiger partial charge is 0.384 e. The molecule has 2 rings (SSSR count). The van der Waals surface area contributed by atoms with Crippen LogP contribution in [-0.2, 0) is 0 Å². The summed E-state index contributed by atoms with van der Waals surface area (Å²) in [5, 5.41) is 13.7. The van der Waals surface area contributed by atoms with E-state index in [0.717, 1.165) is 5.69 Å². The van der Waals surface area contributed by atoms with Gasteiger partial charge < -0.3 is 5.11 Å². The molecule has 0 saturated heterocycles. The third-order valence-corrected chi connectivity index (χ3v) is 3.02.